The number of benzene rings is 2. The molecule has 2 aromatic carbocycles. The molecular formula is C22H16F3N5O. The summed E-state index contributed by atoms with van der Waals surface area (Å²) in [5.74, 6) is 0. The molecule has 0 aliphatic rings. The average Bonchev–Trinajstić information content (AvgIpc) is 3.07. The molecule has 9 heteroatoms. The minimum atomic E-state index is -4.51. The summed E-state index contributed by atoms with van der Waals surface area (Å²) in [4.78, 5) is 26.9. The lowest BCUT2D eigenvalue weighted by atomic mass is 10.2. The topological polar surface area (TPSA) is 65.6 Å². The predicted molar refractivity (Wildman–Crippen MR) is 111 cm³/mol. The van der Waals surface area contributed by atoms with Gasteiger partial charge in [0, 0.05) is 12.2 Å². The second-order valence-corrected chi connectivity index (χ2v) is 7.21. The smallest absolute Gasteiger partial charge is 0.299 e. The van der Waals surface area contributed by atoms with Gasteiger partial charge in [-0.3, -0.25) is 13.9 Å². The highest BCUT2D eigenvalue weighted by Crippen LogP contribution is 2.33. The molecule has 0 amide bonds. The van der Waals surface area contributed by atoms with Gasteiger partial charge in [-0.1, -0.05) is 25.1 Å². The molecule has 6 nitrogen and oxygen atoms in total. The Balaban J connectivity index is 1.94. The third-order valence-corrected chi connectivity index (χ3v) is 5.13. The van der Waals surface area contributed by atoms with E-state index in [0.717, 1.165) is 18.6 Å². The van der Waals surface area contributed by atoms with Crippen molar-refractivity contribution in [2.75, 3.05) is 0 Å². The summed E-state index contributed by atoms with van der Waals surface area (Å²) < 4.78 is 43.0. The highest BCUT2D eigenvalue weighted by atomic mass is 19.4. The van der Waals surface area contributed by atoms with Crippen LogP contribution in [0.15, 0.2) is 59.7 Å². The normalized spacial score (nSPS) is 12.3. The van der Waals surface area contributed by atoms with Gasteiger partial charge in [0.15, 0.2) is 11.3 Å². The van der Waals surface area contributed by atoms with Crippen LogP contribution in [0, 0.1) is 0 Å². The summed E-state index contributed by atoms with van der Waals surface area (Å²) in [6, 6.07) is 12.0. The van der Waals surface area contributed by atoms with E-state index in [1.165, 1.54) is 27.6 Å². The van der Waals surface area contributed by atoms with Crippen molar-refractivity contribution in [3.8, 4) is 5.69 Å². The minimum absolute atomic E-state index is 0.208. The van der Waals surface area contributed by atoms with E-state index >= 15 is 0 Å². The zero-order chi connectivity index (χ0) is 21.8. The van der Waals surface area contributed by atoms with Crippen LogP contribution in [0.1, 0.15) is 18.9 Å². The van der Waals surface area contributed by atoms with Gasteiger partial charge in [0.25, 0.3) is 5.56 Å². The van der Waals surface area contributed by atoms with Gasteiger partial charge < -0.3 is 0 Å². The van der Waals surface area contributed by atoms with Crippen LogP contribution in [0.25, 0.3) is 38.9 Å². The molecule has 0 unspecified atom stereocenters. The van der Waals surface area contributed by atoms with E-state index in [9.17, 15) is 18.0 Å². The zero-order valence-corrected chi connectivity index (χ0v) is 16.4. The number of nitrogens with zero attached hydrogens (tertiary/aromatic N) is 5. The lowest BCUT2D eigenvalue weighted by Crippen LogP contribution is -2.20. The number of fused-ring (bicyclic) bond motifs is 4. The van der Waals surface area contributed by atoms with Crippen molar-refractivity contribution in [3.05, 3.63) is 70.8 Å². The molecule has 0 atom stereocenters. The summed E-state index contributed by atoms with van der Waals surface area (Å²) in [7, 11) is 0. The molecule has 0 radical (unpaired) electrons. The largest absolute Gasteiger partial charge is 0.416 e. The maximum absolute atomic E-state index is 13.3. The number of para-hydroxylation sites is 2. The SMILES string of the molecule is CCCn1cnc2c(c1=O)c1nc3ccccc3nc1n2-c1cccc(C(F)(F)F)c1. The molecule has 0 saturated carbocycles. The van der Waals surface area contributed by atoms with E-state index in [1.54, 1.807) is 18.2 Å². The summed E-state index contributed by atoms with van der Waals surface area (Å²) in [6.45, 7) is 2.41. The maximum atomic E-state index is 13.3. The summed E-state index contributed by atoms with van der Waals surface area (Å²) in [5.41, 5.74) is 1.09. The molecule has 156 valence electrons. The van der Waals surface area contributed by atoms with Gasteiger partial charge in [-0.2, -0.15) is 13.2 Å². The first-order valence-electron chi connectivity index (χ1n) is 9.72. The van der Waals surface area contributed by atoms with Gasteiger partial charge in [0.05, 0.1) is 22.9 Å². The summed E-state index contributed by atoms with van der Waals surface area (Å²) >= 11 is 0. The van der Waals surface area contributed by atoms with E-state index in [-0.39, 0.29) is 27.9 Å². The van der Waals surface area contributed by atoms with Crippen molar-refractivity contribution >= 4 is 33.2 Å². The van der Waals surface area contributed by atoms with E-state index in [4.69, 9.17) is 0 Å². The lowest BCUT2D eigenvalue weighted by molar-refractivity contribution is -0.137. The first kappa shape index (κ1) is 19.2. The van der Waals surface area contributed by atoms with Gasteiger partial charge in [-0.05, 0) is 36.8 Å². The number of hydrogen-bond acceptors (Lipinski definition) is 4. The number of aryl methyl sites for hydroxylation is 1. The summed E-state index contributed by atoms with van der Waals surface area (Å²) in [6.07, 6.45) is -2.36. The van der Waals surface area contributed by atoms with E-state index in [1.807, 2.05) is 13.0 Å². The molecule has 31 heavy (non-hydrogen) atoms. The fourth-order valence-corrected chi connectivity index (χ4v) is 3.74. The van der Waals surface area contributed by atoms with Crippen molar-refractivity contribution in [3.63, 3.8) is 0 Å². The first-order valence-corrected chi connectivity index (χ1v) is 9.72. The van der Waals surface area contributed by atoms with E-state index < -0.39 is 11.7 Å². The second kappa shape index (κ2) is 6.90. The van der Waals surface area contributed by atoms with Crippen LogP contribution in [-0.4, -0.2) is 24.1 Å². The molecule has 0 aliphatic heterocycles. The second-order valence-electron chi connectivity index (χ2n) is 7.21. The third kappa shape index (κ3) is 3.04. The molecule has 0 fully saturated rings. The number of hydrogen-bond donors (Lipinski definition) is 0. The zero-order valence-electron chi connectivity index (χ0n) is 16.4. The average molecular weight is 423 g/mol. The Morgan fingerprint density at radius 1 is 0.968 bits per heavy atom. The van der Waals surface area contributed by atoms with Gasteiger partial charge >= 0.3 is 6.18 Å². The number of halogens is 3. The Morgan fingerprint density at radius 3 is 2.42 bits per heavy atom. The number of aromatic nitrogens is 5. The van der Waals surface area contributed by atoms with Crippen molar-refractivity contribution in [2.24, 2.45) is 0 Å². The Morgan fingerprint density at radius 2 is 1.71 bits per heavy atom. The van der Waals surface area contributed by atoms with Crippen LogP contribution in [0.4, 0.5) is 13.2 Å². The highest BCUT2D eigenvalue weighted by Gasteiger charge is 2.31. The molecule has 0 bridgehead atoms. The monoisotopic (exact) mass is 423 g/mol. The number of alkyl halides is 3. The molecule has 3 aromatic heterocycles. The van der Waals surface area contributed by atoms with Gasteiger partial charge in [-0.25, -0.2) is 15.0 Å². The van der Waals surface area contributed by atoms with Crippen molar-refractivity contribution in [1.29, 1.82) is 0 Å². The molecule has 0 spiro atoms. The third-order valence-electron chi connectivity index (χ3n) is 5.13. The quantitative estimate of drug-likeness (QED) is 0.422. The van der Waals surface area contributed by atoms with Crippen LogP contribution in [0.5, 0.6) is 0 Å². The predicted octanol–water partition coefficient (Wildman–Crippen LogP) is 4.71. The van der Waals surface area contributed by atoms with Gasteiger partial charge in [0.1, 0.15) is 10.9 Å². The van der Waals surface area contributed by atoms with Crippen molar-refractivity contribution in [2.45, 2.75) is 26.1 Å². The molecule has 3 heterocycles. The fourth-order valence-electron chi connectivity index (χ4n) is 3.74. The van der Waals surface area contributed by atoms with Crippen LogP contribution >= 0.6 is 0 Å². The van der Waals surface area contributed by atoms with Crippen molar-refractivity contribution < 1.29 is 13.2 Å². The Kier molecular flexibility index (Phi) is 4.28. The van der Waals surface area contributed by atoms with Crippen LogP contribution < -0.4 is 5.56 Å². The standard InChI is InChI=1S/C22H16F3N5O/c1-2-10-29-12-26-19-17(21(29)31)18-20(28-16-9-4-3-8-15(16)27-18)30(19)14-7-5-6-13(11-14)22(23,24)25/h3-9,11-12H,2,10H2,1H3. The molecule has 0 N–H and O–H groups in total. The van der Waals surface area contributed by atoms with E-state index in [2.05, 4.69) is 15.0 Å². The molecule has 0 aliphatic carbocycles. The molecule has 0 saturated heterocycles. The van der Waals surface area contributed by atoms with Crippen molar-refractivity contribution in [1.82, 2.24) is 24.1 Å². The highest BCUT2D eigenvalue weighted by molar-refractivity contribution is 6.05. The van der Waals surface area contributed by atoms with Crippen LogP contribution in [-0.2, 0) is 12.7 Å². The first-order chi connectivity index (χ1) is 14.9. The summed E-state index contributed by atoms with van der Waals surface area (Å²) in [5, 5.41) is 0.238. The Bertz CT molecular complexity index is 1520. The molecule has 5 rings (SSSR count). The van der Waals surface area contributed by atoms with Gasteiger partial charge in [0.2, 0.25) is 0 Å². The maximum Gasteiger partial charge on any atom is 0.416 e. The Hall–Kier alpha value is -3.75. The van der Waals surface area contributed by atoms with Gasteiger partial charge in [-0.15, -0.1) is 0 Å². The number of rotatable bonds is 3. The lowest BCUT2D eigenvalue weighted by Gasteiger charge is -2.11. The van der Waals surface area contributed by atoms with Crippen LogP contribution in [0.3, 0.4) is 0 Å². The fraction of sp³-hybridized carbons (Fsp3) is 0.182. The molecule has 5 aromatic rings. The molecular weight excluding hydrogens is 407 g/mol. The Labute approximate surface area is 173 Å². The van der Waals surface area contributed by atoms with Crippen LogP contribution in [0.2, 0.25) is 0 Å². The van der Waals surface area contributed by atoms with E-state index in [0.29, 0.717) is 23.1 Å². The minimum Gasteiger partial charge on any atom is -0.299 e.